The molecule has 2 rings (SSSR count). The molecule has 6 heteroatoms. The Morgan fingerprint density at radius 3 is 2.32 bits per heavy atom. The van der Waals surface area contributed by atoms with Crippen LogP contribution in [-0.2, 0) is 4.79 Å². The third-order valence-corrected chi connectivity index (χ3v) is 3.89. The van der Waals surface area contributed by atoms with Crippen molar-refractivity contribution in [2.24, 2.45) is 5.73 Å². The van der Waals surface area contributed by atoms with E-state index in [9.17, 15) is 4.79 Å². The van der Waals surface area contributed by atoms with Crippen molar-refractivity contribution >= 4 is 35.6 Å². The van der Waals surface area contributed by atoms with Gasteiger partial charge in [0, 0.05) is 6.42 Å². The van der Waals surface area contributed by atoms with Crippen LogP contribution in [0.25, 0.3) is 0 Å². The largest absolute Gasteiger partial charge is 0.454 e. The van der Waals surface area contributed by atoms with E-state index in [1.807, 2.05) is 30.3 Å². The highest BCUT2D eigenvalue weighted by atomic mass is 35.5. The van der Waals surface area contributed by atoms with Crippen LogP contribution in [0.3, 0.4) is 0 Å². The molecule has 2 aromatic rings. The summed E-state index contributed by atoms with van der Waals surface area (Å²) in [6, 6.07) is 14.6. The molecule has 0 aliphatic heterocycles. The minimum Gasteiger partial charge on any atom is -0.454 e. The monoisotopic (exact) mass is 382 g/mol. The first-order valence-electron chi connectivity index (χ1n) is 8.22. The highest BCUT2D eigenvalue weighted by molar-refractivity contribution is 6.32. The summed E-state index contributed by atoms with van der Waals surface area (Å²) >= 11 is 6.12. The molecule has 0 bridgehead atoms. The highest BCUT2D eigenvalue weighted by Crippen LogP contribution is 2.33. The predicted molar refractivity (Wildman–Crippen MR) is 106 cm³/mol. The minimum atomic E-state index is -0.0158. The van der Waals surface area contributed by atoms with Gasteiger partial charge in [0.1, 0.15) is 5.75 Å². The number of para-hydroxylation sites is 3. The number of ether oxygens (including phenoxy) is 1. The number of nitrogens with two attached hydrogens (primary N) is 1. The maximum atomic E-state index is 12.1. The number of benzene rings is 2. The van der Waals surface area contributed by atoms with Gasteiger partial charge in [-0.3, -0.25) is 4.79 Å². The number of carbonyl (C=O) groups is 1. The van der Waals surface area contributed by atoms with Crippen molar-refractivity contribution in [1.29, 1.82) is 0 Å². The van der Waals surface area contributed by atoms with E-state index in [-0.39, 0.29) is 18.3 Å². The molecule has 4 nitrogen and oxygen atoms in total. The Hall–Kier alpha value is -1.75. The van der Waals surface area contributed by atoms with Crippen molar-refractivity contribution in [2.75, 3.05) is 11.9 Å². The van der Waals surface area contributed by atoms with Gasteiger partial charge in [-0.15, -0.1) is 12.4 Å². The maximum absolute atomic E-state index is 12.1. The standard InChI is InChI=1S/C19H23ClN2O2.ClH/c20-15-9-4-6-11-17(15)24-18-12-7-5-10-16(18)22-19(23)13-3-1-2-8-14-21;/h4-7,9-12H,1-3,8,13-14,21H2,(H,22,23);1H. The molecule has 0 spiro atoms. The van der Waals surface area contributed by atoms with Gasteiger partial charge in [0.05, 0.1) is 10.7 Å². The molecular formula is C19H24Cl2N2O2. The van der Waals surface area contributed by atoms with Gasteiger partial charge < -0.3 is 15.8 Å². The lowest BCUT2D eigenvalue weighted by atomic mass is 10.1. The fourth-order valence-corrected chi connectivity index (χ4v) is 2.48. The van der Waals surface area contributed by atoms with E-state index < -0.39 is 0 Å². The van der Waals surface area contributed by atoms with Crippen LogP contribution in [0.4, 0.5) is 5.69 Å². The van der Waals surface area contributed by atoms with E-state index in [0.717, 1.165) is 25.7 Å². The number of anilines is 1. The van der Waals surface area contributed by atoms with Crippen molar-refractivity contribution in [2.45, 2.75) is 32.1 Å². The van der Waals surface area contributed by atoms with Gasteiger partial charge in [0.25, 0.3) is 0 Å². The highest BCUT2D eigenvalue weighted by Gasteiger charge is 2.09. The Balaban J connectivity index is 0.00000312. The summed E-state index contributed by atoms with van der Waals surface area (Å²) in [5.41, 5.74) is 6.10. The van der Waals surface area contributed by atoms with Crippen molar-refractivity contribution < 1.29 is 9.53 Å². The van der Waals surface area contributed by atoms with Crippen molar-refractivity contribution in [3.05, 3.63) is 53.6 Å². The van der Waals surface area contributed by atoms with Crippen LogP contribution in [0.5, 0.6) is 11.5 Å². The maximum Gasteiger partial charge on any atom is 0.224 e. The summed E-state index contributed by atoms with van der Waals surface area (Å²) in [4.78, 5) is 12.1. The molecule has 25 heavy (non-hydrogen) atoms. The number of nitrogens with one attached hydrogen (secondary N) is 1. The molecule has 0 saturated heterocycles. The lowest BCUT2D eigenvalue weighted by molar-refractivity contribution is -0.116. The number of hydrogen-bond acceptors (Lipinski definition) is 3. The van der Waals surface area contributed by atoms with Crippen molar-refractivity contribution in [1.82, 2.24) is 0 Å². The molecule has 136 valence electrons. The van der Waals surface area contributed by atoms with Crippen LogP contribution < -0.4 is 15.8 Å². The van der Waals surface area contributed by atoms with E-state index in [4.69, 9.17) is 22.1 Å². The second-order valence-corrected chi connectivity index (χ2v) is 5.94. The average molecular weight is 383 g/mol. The molecule has 0 radical (unpaired) electrons. The zero-order valence-electron chi connectivity index (χ0n) is 14.0. The summed E-state index contributed by atoms with van der Waals surface area (Å²) in [6.07, 6.45) is 4.44. The average Bonchev–Trinajstić information content (AvgIpc) is 2.58. The quantitative estimate of drug-likeness (QED) is 0.570. The molecule has 0 aromatic heterocycles. The van der Waals surface area contributed by atoms with E-state index in [1.54, 1.807) is 18.2 Å². The van der Waals surface area contributed by atoms with Crippen LogP contribution in [0.2, 0.25) is 5.02 Å². The molecule has 0 unspecified atom stereocenters. The van der Waals surface area contributed by atoms with Gasteiger partial charge in [-0.1, -0.05) is 48.7 Å². The van der Waals surface area contributed by atoms with Crippen molar-refractivity contribution in [3.63, 3.8) is 0 Å². The van der Waals surface area contributed by atoms with Crippen LogP contribution in [0.15, 0.2) is 48.5 Å². The number of amides is 1. The molecule has 0 heterocycles. The van der Waals surface area contributed by atoms with Crippen LogP contribution in [0.1, 0.15) is 32.1 Å². The smallest absolute Gasteiger partial charge is 0.224 e. The van der Waals surface area contributed by atoms with E-state index in [1.165, 1.54) is 0 Å². The Morgan fingerprint density at radius 2 is 1.60 bits per heavy atom. The Kier molecular flexibility index (Phi) is 10.0. The Bertz CT molecular complexity index is 665. The Morgan fingerprint density at radius 1 is 0.960 bits per heavy atom. The van der Waals surface area contributed by atoms with E-state index in [2.05, 4.69) is 5.32 Å². The van der Waals surface area contributed by atoms with Gasteiger partial charge in [-0.05, 0) is 43.7 Å². The summed E-state index contributed by atoms with van der Waals surface area (Å²) in [5, 5.41) is 3.44. The third kappa shape index (κ3) is 7.34. The van der Waals surface area contributed by atoms with Gasteiger partial charge in [0.2, 0.25) is 5.91 Å². The number of carbonyl (C=O) groups excluding carboxylic acids is 1. The number of hydrogen-bond donors (Lipinski definition) is 2. The molecule has 2 aromatic carbocycles. The fourth-order valence-electron chi connectivity index (χ4n) is 2.30. The Labute approximate surface area is 160 Å². The number of halogens is 2. The first-order valence-corrected chi connectivity index (χ1v) is 8.60. The summed E-state index contributed by atoms with van der Waals surface area (Å²) in [6.45, 7) is 0.707. The topological polar surface area (TPSA) is 64.4 Å². The fraction of sp³-hybridized carbons (Fsp3) is 0.316. The van der Waals surface area contributed by atoms with Gasteiger partial charge in [-0.25, -0.2) is 0 Å². The normalized spacial score (nSPS) is 10.0. The molecule has 0 saturated carbocycles. The number of unbranched alkanes of at least 4 members (excludes halogenated alkanes) is 3. The molecular weight excluding hydrogens is 359 g/mol. The van der Waals surface area contributed by atoms with Gasteiger partial charge in [-0.2, -0.15) is 0 Å². The van der Waals surface area contributed by atoms with Crippen LogP contribution in [-0.4, -0.2) is 12.5 Å². The van der Waals surface area contributed by atoms with E-state index in [0.29, 0.717) is 35.2 Å². The summed E-state index contributed by atoms with van der Waals surface area (Å²) in [5.74, 6) is 1.11. The van der Waals surface area contributed by atoms with Gasteiger partial charge >= 0.3 is 0 Å². The van der Waals surface area contributed by atoms with Gasteiger partial charge in [0.15, 0.2) is 5.75 Å². The SMILES string of the molecule is Cl.NCCCCCCC(=O)Nc1ccccc1Oc1ccccc1Cl. The molecule has 0 aliphatic rings. The summed E-state index contributed by atoms with van der Waals surface area (Å²) in [7, 11) is 0. The molecule has 3 N–H and O–H groups in total. The molecule has 0 fully saturated rings. The lowest BCUT2D eigenvalue weighted by Crippen LogP contribution is -2.11. The molecule has 0 atom stereocenters. The zero-order valence-corrected chi connectivity index (χ0v) is 15.6. The lowest BCUT2D eigenvalue weighted by Gasteiger charge is -2.13. The second kappa shape index (κ2) is 11.7. The number of rotatable bonds is 9. The predicted octanol–water partition coefficient (Wildman–Crippen LogP) is 5.40. The van der Waals surface area contributed by atoms with Crippen molar-refractivity contribution in [3.8, 4) is 11.5 Å². The molecule has 1 amide bonds. The van der Waals surface area contributed by atoms with Crippen LogP contribution >= 0.6 is 24.0 Å². The summed E-state index contributed by atoms with van der Waals surface area (Å²) < 4.78 is 5.84. The minimum absolute atomic E-state index is 0. The first-order chi connectivity index (χ1) is 11.7. The van der Waals surface area contributed by atoms with E-state index >= 15 is 0 Å². The first kappa shape index (κ1) is 21.3. The molecule has 0 aliphatic carbocycles. The second-order valence-electron chi connectivity index (χ2n) is 5.53. The van der Waals surface area contributed by atoms with Crippen LogP contribution in [0, 0.1) is 0 Å². The third-order valence-electron chi connectivity index (χ3n) is 3.58. The zero-order chi connectivity index (χ0) is 17.2.